The van der Waals surface area contributed by atoms with Gasteiger partial charge < -0.3 is 9.80 Å². The van der Waals surface area contributed by atoms with Crippen molar-refractivity contribution < 1.29 is 0 Å². The van der Waals surface area contributed by atoms with E-state index in [0.29, 0.717) is 0 Å². The Kier molecular flexibility index (Phi) is 15.6. The molecule has 2 aliphatic rings. The van der Waals surface area contributed by atoms with Gasteiger partial charge in [0.25, 0.3) is 6.71 Å². The first-order valence-electron chi connectivity index (χ1n) is 36.8. The molecule has 0 saturated heterocycles. The van der Waals surface area contributed by atoms with Crippen molar-refractivity contribution >= 4 is 120 Å². The lowest BCUT2D eigenvalue weighted by Crippen LogP contribution is -2.61. The minimum absolute atomic E-state index is 0.0953. The van der Waals surface area contributed by atoms with E-state index in [1.807, 2.05) is 22.7 Å². The summed E-state index contributed by atoms with van der Waals surface area (Å²) >= 11 is 3.78. The van der Waals surface area contributed by atoms with E-state index >= 15 is 0 Å². The third-order valence-corrected chi connectivity index (χ3v) is 24.3. The predicted molar refractivity (Wildman–Crippen MR) is 452 cm³/mol. The Hall–Kier alpha value is -10.0. The highest BCUT2D eigenvalue weighted by atomic mass is 32.1. The molecular formula is C98H89BN2S2. The zero-order valence-corrected chi connectivity index (χ0v) is 63.8. The van der Waals surface area contributed by atoms with Crippen LogP contribution in [0.2, 0.25) is 0 Å². The van der Waals surface area contributed by atoms with Crippen LogP contribution in [0.3, 0.4) is 0 Å². The third kappa shape index (κ3) is 11.4. The van der Waals surface area contributed by atoms with Crippen LogP contribution in [-0.4, -0.2) is 6.71 Å². The molecule has 0 N–H and O–H groups in total. The molecule has 5 heteroatoms. The van der Waals surface area contributed by atoms with Crippen LogP contribution in [0.5, 0.6) is 0 Å². The second-order valence-corrected chi connectivity index (χ2v) is 36.3. The molecule has 506 valence electrons. The highest BCUT2D eigenvalue weighted by Gasteiger charge is 2.46. The molecule has 0 spiro atoms. The number of para-hydroxylation sites is 2. The van der Waals surface area contributed by atoms with E-state index in [2.05, 4.69) is 381 Å². The maximum atomic E-state index is 2.75. The fraction of sp³-hybridized carbons (Fsp3) is 0.204. The molecule has 0 unspecified atom stereocenters. The number of nitrogens with zero attached hydrogens (tertiary/aromatic N) is 2. The average molecular weight is 1370 g/mol. The van der Waals surface area contributed by atoms with Crippen LogP contribution < -0.4 is 26.2 Å². The molecular weight excluding hydrogens is 1280 g/mol. The molecule has 0 atom stereocenters. The monoisotopic (exact) mass is 1370 g/mol. The summed E-state index contributed by atoms with van der Waals surface area (Å²) in [4.78, 5) is 5.50. The van der Waals surface area contributed by atoms with E-state index in [1.54, 1.807) is 0 Å². The van der Waals surface area contributed by atoms with Crippen molar-refractivity contribution in [3.8, 4) is 66.8 Å². The highest BCUT2D eigenvalue weighted by Crippen LogP contribution is 2.56. The van der Waals surface area contributed by atoms with E-state index in [0.717, 1.165) is 11.4 Å². The quantitative estimate of drug-likeness (QED) is 0.140. The van der Waals surface area contributed by atoms with E-state index in [1.165, 1.54) is 174 Å². The highest BCUT2D eigenvalue weighted by molar-refractivity contribution is 7.26. The van der Waals surface area contributed by atoms with Gasteiger partial charge in [-0.3, -0.25) is 0 Å². The molecule has 4 heterocycles. The molecule has 2 aromatic heterocycles. The largest absolute Gasteiger partial charge is 0.310 e. The van der Waals surface area contributed by atoms with Crippen molar-refractivity contribution in [2.45, 2.75) is 131 Å². The Balaban J connectivity index is 1.06. The van der Waals surface area contributed by atoms with Crippen LogP contribution in [0.4, 0.5) is 34.1 Å². The molecule has 0 radical (unpaired) electrons. The zero-order chi connectivity index (χ0) is 71.4. The molecule has 0 fully saturated rings. The summed E-state index contributed by atoms with van der Waals surface area (Å²) in [6.45, 7) is 35.1. The summed E-state index contributed by atoms with van der Waals surface area (Å²) in [5, 5.41) is 5.20. The maximum absolute atomic E-state index is 2.75. The lowest BCUT2D eigenvalue weighted by Gasteiger charge is -2.46. The standard InChI is InChI=1S/C98H89BN2S2/c1-94(2,3)66-32-20-28-60(52-66)73-40-24-41-74(61-29-21-33-67(53-61)95(4,5)6)92(73)100-81-50-48-64(71-38-26-46-87-89(71)77-36-16-18-44-85(77)102-87)56-79(81)99-80-57-65(72-39-27-47-88-90(72)78-37-17-19-45-86(78)103-88)49-51-82(80)101(84-59-70(98(13,14)15)58-83(100)91(84)99)93-75(62-30-22-34-68(54-62)96(7,8)9)42-25-43-76(93)63-31-23-35-69(55-63)97(10,11)12/h16-59H,1-15H3. The molecule has 13 aromatic carbocycles. The Bertz CT molecular complexity index is 5430. The van der Waals surface area contributed by atoms with Crippen molar-refractivity contribution in [3.05, 3.63) is 295 Å². The SMILES string of the molecule is CC(C)(C)c1cccc(-c2cccc(-c3cccc(C(C)(C)C)c3)c2N2c3ccc(-c4cccc5sc6ccccc6c45)cc3B3c4cc(-c5cccc6sc7ccccc7c56)ccc4N(c4c(-c5cccc(C(C)(C)C)c5)cccc4-c4cccc(C(C)(C)C)c4)c4cc(C(C)(C)C)cc2c43)c1. The van der Waals surface area contributed by atoms with Crippen molar-refractivity contribution in [3.63, 3.8) is 0 Å². The first-order chi connectivity index (χ1) is 49.2. The summed E-state index contributed by atoms with van der Waals surface area (Å²) in [5.41, 5.74) is 31.0. The van der Waals surface area contributed by atoms with E-state index in [9.17, 15) is 0 Å². The minimum atomic E-state index is -0.300. The normalized spacial score (nSPS) is 13.3. The van der Waals surface area contributed by atoms with E-state index in [-0.39, 0.29) is 33.8 Å². The van der Waals surface area contributed by atoms with Gasteiger partial charge in [-0.1, -0.05) is 322 Å². The number of anilines is 6. The number of thiophene rings is 2. The second kappa shape index (κ2) is 24.3. The smallest absolute Gasteiger partial charge is 0.252 e. The molecule has 2 nitrogen and oxygen atoms in total. The van der Waals surface area contributed by atoms with Crippen LogP contribution in [0.25, 0.3) is 107 Å². The fourth-order valence-electron chi connectivity index (χ4n) is 16.4. The lowest BCUT2D eigenvalue weighted by molar-refractivity contribution is 0.590. The van der Waals surface area contributed by atoms with Crippen molar-refractivity contribution in [1.82, 2.24) is 0 Å². The zero-order valence-electron chi connectivity index (χ0n) is 62.2. The van der Waals surface area contributed by atoms with Crippen molar-refractivity contribution in [2.75, 3.05) is 9.80 Å². The van der Waals surface area contributed by atoms with Crippen LogP contribution in [0.15, 0.2) is 267 Å². The molecule has 0 amide bonds. The Morgan fingerprint density at radius 1 is 0.243 bits per heavy atom. The van der Waals surface area contributed by atoms with Gasteiger partial charge in [0.1, 0.15) is 0 Å². The van der Waals surface area contributed by atoms with Gasteiger partial charge in [-0.05, 0) is 164 Å². The van der Waals surface area contributed by atoms with Gasteiger partial charge in [0.2, 0.25) is 0 Å². The van der Waals surface area contributed by atoms with Gasteiger partial charge in [0.15, 0.2) is 0 Å². The van der Waals surface area contributed by atoms with E-state index in [4.69, 9.17) is 0 Å². The van der Waals surface area contributed by atoms with Crippen LogP contribution in [0, 0.1) is 0 Å². The summed E-state index contributed by atoms with van der Waals surface area (Å²) < 4.78 is 5.19. The third-order valence-electron chi connectivity index (χ3n) is 22.0. The number of benzene rings is 13. The Morgan fingerprint density at radius 3 is 0.874 bits per heavy atom. The lowest BCUT2D eigenvalue weighted by atomic mass is 9.33. The maximum Gasteiger partial charge on any atom is 0.252 e. The van der Waals surface area contributed by atoms with E-state index < -0.39 is 0 Å². The first-order valence-corrected chi connectivity index (χ1v) is 38.5. The summed E-state index contributed by atoms with van der Waals surface area (Å²) in [6.07, 6.45) is 0. The summed E-state index contributed by atoms with van der Waals surface area (Å²) in [6, 6.07) is 104. The van der Waals surface area contributed by atoms with Crippen molar-refractivity contribution in [2.24, 2.45) is 0 Å². The summed E-state index contributed by atoms with van der Waals surface area (Å²) in [7, 11) is 0. The van der Waals surface area contributed by atoms with Crippen LogP contribution in [0.1, 0.15) is 132 Å². The van der Waals surface area contributed by atoms with Gasteiger partial charge in [-0.2, -0.15) is 0 Å². The molecule has 2 aliphatic heterocycles. The van der Waals surface area contributed by atoms with Crippen molar-refractivity contribution in [1.29, 1.82) is 0 Å². The van der Waals surface area contributed by atoms with Gasteiger partial charge in [0, 0.05) is 85.3 Å². The predicted octanol–water partition coefficient (Wildman–Crippen LogP) is 27.0. The topological polar surface area (TPSA) is 6.48 Å². The molecule has 17 rings (SSSR count). The van der Waals surface area contributed by atoms with Crippen LogP contribution >= 0.6 is 22.7 Å². The molecule has 0 aliphatic carbocycles. The molecule has 0 bridgehead atoms. The molecule has 103 heavy (non-hydrogen) atoms. The number of hydrogen-bond acceptors (Lipinski definition) is 4. The minimum Gasteiger partial charge on any atom is -0.310 e. The Morgan fingerprint density at radius 2 is 0.534 bits per heavy atom. The number of rotatable bonds is 8. The average Bonchev–Trinajstić information content (AvgIpc) is 1.39. The van der Waals surface area contributed by atoms with Gasteiger partial charge in [0.05, 0.1) is 11.4 Å². The Labute approximate surface area is 618 Å². The first kappa shape index (κ1) is 66.2. The van der Waals surface area contributed by atoms with Crippen LogP contribution in [-0.2, 0) is 27.1 Å². The molecule has 15 aromatic rings. The van der Waals surface area contributed by atoms with Gasteiger partial charge in [-0.25, -0.2) is 0 Å². The number of hydrogen-bond donors (Lipinski definition) is 0. The summed E-state index contributed by atoms with van der Waals surface area (Å²) in [5.74, 6) is 0. The number of fused-ring (bicyclic) bond motifs is 10. The fourth-order valence-corrected chi connectivity index (χ4v) is 18.7. The second-order valence-electron chi connectivity index (χ2n) is 34.1. The van der Waals surface area contributed by atoms with Gasteiger partial charge >= 0.3 is 0 Å². The van der Waals surface area contributed by atoms with Gasteiger partial charge in [-0.15, -0.1) is 22.7 Å². The molecule has 0 saturated carbocycles.